The number of nitrogens with two attached hydrogens (primary N) is 1. The van der Waals surface area contributed by atoms with Crippen molar-refractivity contribution < 1.29 is 4.39 Å². The molecule has 0 bridgehead atoms. The van der Waals surface area contributed by atoms with Crippen LogP contribution in [0.2, 0.25) is 6.04 Å². The average molecular weight is 225 g/mol. The summed E-state index contributed by atoms with van der Waals surface area (Å²) < 4.78 is 12.6. The van der Waals surface area contributed by atoms with E-state index in [4.69, 9.17) is 5.73 Å². The van der Waals surface area contributed by atoms with Gasteiger partial charge in [0, 0.05) is 9.52 Å². The number of benzene rings is 1. The third kappa shape index (κ3) is 4.58. The minimum atomic E-state index is -0.230. The highest BCUT2D eigenvalue weighted by atomic mass is 28.2. The van der Waals surface area contributed by atoms with E-state index in [1.54, 1.807) is 0 Å². The maximum Gasteiger partial charge on any atom is 0.123 e. The molecule has 0 amide bonds. The van der Waals surface area contributed by atoms with E-state index < -0.39 is 0 Å². The van der Waals surface area contributed by atoms with Gasteiger partial charge in [-0.3, -0.25) is 0 Å². The lowest BCUT2D eigenvalue weighted by Gasteiger charge is -2.21. The number of aryl methyl sites for hydroxylation is 1. The van der Waals surface area contributed by atoms with E-state index in [2.05, 4.69) is 13.8 Å². The molecule has 1 rings (SSSR count). The largest absolute Gasteiger partial charge is 0.329 e. The van der Waals surface area contributed by atoms with Crippen LogP contribution in [-0.2, 0) is 6.42 Å². The summed E-state index contributed by atoms with van der Waals surface area (Å²) in [4.78, 5) is 0. The van der Waals surface area contributed by atoms with Crippen LogP contribution in [0, 0.1) is 5.82 Å². The zero-order chi connectivity index (χ0) is 11.3. The molecule has 1 aromatic rings. The second kappa shape index (κ2) is 5.42. The molecule has 2 N–H and O–H groups in total. The van der Waals surface area contributed by atoms with Crippen molar-refractivity contribution in [3.05, 3.63) is 35.6 Å². The van der Waals surface area contributed by atoms with Gasteiger partial charge in [-0.05, 0) is 35.7 Å². The first-order valence-electron chi connectivity index (χ1n) is 5.57. The van der Waals surface area contributed by atoms with Crippen LogP contribution >= 0.6 is 0 Å². The Morgan fingerprint density at radius 1 is 1.33 bits per heavy atom. The Kier molecular flexibility index (Phi) is 4.48. The van der Waals surface area contributed by atoms with Crippen molar-refractivity contribution in [2.24, 2.45) is 5.73 Å². The topological polar surface area (TPSA) is 26.0 Å². The number of hydrogen-bond donors (Lipinski definition) is 1. The second-order valence-corrected chi connectivity index (χ2v) is 7.31. The molecule has 84 valence electrons. The highest BCUT2D eigenvalue weighted by Crippen LogP contribution is 2.09. The monoisotopic (exact) mass is 225 g/mol. The minimum Gasteiger partial charge on any atom is -0.329 e. The summed E-state index contributed by atoms with van der Waals surface area (Å²) in [5, 5.41) is 0.0834. The molecule has 0 saturated heterocycles. The molecule has 0 fully saturated rings. The van der Waals surface area contributed by atoms with Crippen molar-refractivity contribution in [2.45, 2.75) is 37.9 Å². The van der Waals surface area contributed by atoms with E-state index in [1.807, 2.05) is 12.1 Å². The van der Waals surface area contributed by atoms with E-state index in [1.165, 1.54) is 23.7 Å². The molecule has 15 heavy (non-hydrogen) atoms. The van der Waals surface area contributed by atoms with Crippen molar-refractivity contribution in [3.8, 4) is 0 Å². The first-order chi connectivity index (χ1) is 7.03. The van der Waals surface area contributed by atoms with E-state index >= 15 is 0 Å². The lowest BCUT2D eigenvalue weighted by molar-refractivity contribution is 0.622. The fraction of sp³-hybridized carbons (Fsp3) is 0.500. The minimum absolute atomic E-state index is 0.0834. The highest BCUT2D eigenvalue weighted by molar-refractivity contribution is 6.39. The predicted octanol–water partition coefficient (Wildman–Crippen LogP) is 2.04. The van der Waals surface area contributed by atoms with Crippen LogP contribution in [0.25, 0.3) is 0 Å². The van der Waals surface area contributed by atoms with Gasteiger partial charge in [-0.1, -0.05) is 32.0 Å². The van der Waals surface area contributed by atoms with Crippen molar-refractivity contribution in [1.82, 2.24) is 0 Å². The maximum atomic E-state index is 12.6. The molecular weight excluding hydrogens is 205 g/mol. The quantitative estimate of drug-likeness (QED) is 0.763. The molecule has 0 aliphatic heterocycles. The summed E-state index contributed by atoms with van der Waals surface area (Å²) in [6.45, 7) is 4.29. The zero-order valence-electron chi connectivity index (χ0n) is 9.59. The van der Waals surface area contributed by atoms with Gasteiger partial charge in [0.25, 0.3) is 0 Å². The molecule has 0 saturated carbocycles. The molecule has 1 aromatic carbocycles. The predicted molar refractivity (Wildman–Crippen MR) is 66.3 cm³/mol. The standard InChI is InChI=1S/C12H20FNSi/c1-3-12(2,14)15-9-8-10-4-6-11(13)7-5-10/h4-7H,3,8-9,14-15H2,1-2H3. The van der Waals surface area contributed by atoms with Crippen molar-refractivity contribution >= 4 is 9.52 Å². The van der Waals surface area contributed by atoms with Crippen LogP contribution in [0.4, 0.5) is 4.39 Å². The van der Waals surface area contributed by atoms with Gasteiger partial charge < -0.3 is 5.73 Å². The molecule has 1 unspecified atom stereocenters. The van der Waals surface area contributed by atoms with Crippen LogP contribution in [0.3, 0.4) is 0 Å². The van der Waals surface area contributed by atoms with E-state index in [0.29, 0.717) is 0 Å². The average Bonchev–Trinajstić information content (AvgIpc) is 2.21. The Balaban J connectivity index is 2.35. The van der Waals surface area contributed by atoms with Gasteiger partial charge in [0.2, 0.25) is 0 Å². The molecule has 0 aliphatic rings. The fourth-order valence-corrected chi connectivity index (χ4v) is 3.27. The summed E-state index contributed by atoms with van der Waals surface area (Å²) >= 11 is 0. The van der Waals surface area contributed by atoms with Gasteiger partial charge in [0.15, 0.2) is 0 Å². The van der Waals surface area contributed by atoms with Crippen LogP contribution in [0.1, 0.15) is 25.8 Å². The van der Waals surface area contributed by atoms with Crippen LogP contribution in [0.5, 0.6) is 0 Å². The molecule has 1 nitrogen and oxygen atoms in total. The van der Waals surface area contributed by atoms with Gasteiger partial charge in [-0.25, -0.2) is 4.39 Å². The molecule has 0 aliphatic carbocycles. The first-order valence-corrected chi connectivity index (χ1v) is 7.27. The lowest BCUT2D eigenvalue weighted by Crippen LogP contribution is -2.41. The first kappa shape index (κ1) is 12.4. The summed E-state index contributed by atoms with van der Waals surface area (Å²) in [7, 11) is -0.230. The summed E-state index contributed by atoms with van der Waals surface area (Å²) in [5.74, 6) is -0.159. The number of hydrogen-bond acceptors (Lipinski definition) is 1. The van der Waals surface area contributed by atoms with Gasteiger partial charge >= 0.3 is 0 Å². The van der Waals surface area contributed by atoms with Gasteiger partial charge in [-0.2, -0.15) is 0 Å². The Morgan fingerprint density at radius 2 is 1.93 bits per heavy atom. The molecular formula is C12H20FNSi. The van der Waals surface area contributed by atoms with Crippen LogP contribution in [0.15, 0.2) is 24.3 Å². The van der Waals surface area contributed by atoms with Crippen molar-refractivity contribution in [3.63, 3.8) is 0 Å². The van der Waals surface area contributed by atoms with Crippen molar-refractivity contribution in [1.29, 1.82) is 0 Å². The summed E-state index contributed by atoms with van der Waals surface area (Å²) in [6, 6.07) is 7.98. The molecule has 0 radical (unpaired) electrons. The Labute approximate surface area is 93.7 Å². The van der Waals surface area contributed by atoms with Gasteiger partial charge in [0.05, 0.1) is 0 Å². The van der Waals surface area contributed by atoms with Crippen LogP contribution < -0.4 is 5.73 Å². The number of halogens is 1. The molecule has 0 heterocycles. The summed E-state index contributed by atoms with van der Waals surface area (Å²) in [6.07, 6.45) is 2.10. The Hall–Kier alpha value is -0.673. The van der Waals surface area contributed by atoms with E-state index in [9.17, 15) is 4.39 Å². The molecule has 0 spiro atoms. The van der Waals surface area contributed by atoms with Gasteiger partial charge in [-0.15, -0.1) is 0 Å². The highest BCUT2D eigenvalue weighted by Gasteiger charge is 2.14. The van der Waals surface area contributed by atoms with E-state index in [0.717, 1.165) is 12.8 Å². The van der Waals surface area contributed by atoms with E-state index in [-0.39, 0.29) is 20.5 Å². The van der Waals surface area contributed by atoms with Crippen molar-refractivity contribution in [2.75, 3.05) is 0 Å². The summed E-state index contributed by atoms with van der Waals surface area (Å²) in [5.41, 5.74) is 7.32. The lowest BCUT2D eigenvalue weighted by atomic mass is 10.2. The van der Waals surface area contributed by atoms with Crippen LogP contribution in [-0.4, -0.2) is 14.7 Å². The fourth-order valence-electron chi connectivity index (χ4n) is 1.52. The molecule has 0 aromatic heterocycles. The third-order valence-electron chi connectivity index (χ3n) is 2.93. The SMILES string of the molecule is CCC(C)(N)[SiH2]CCc1ccc(F)cc1. The Morgan fingerprint density at radius 3 is 2.47 bits per heavy atom. The molecule has 1 atom stereocenters. The number of rotatable bonds is 5. The zero-order valence-corrected chi connectivity index (χ0v) is 11.0. The maximum absolute atomic E-state index is 12.6. The smallest absolute Gasteiger partial charge is 0.123 e. The second-order valence-electron chi connectivity index (χ2n) is 4.49. The third-order valence-corrected chi connectivity index (χ3v) is 5.28. The normalized spacial score (nSPS) is 15.7. The Bertz CT molecular complexity index is 295. The van der Waals surface area contributed by atoms with Gasteiger partial charge in [0.1, 0.15) is 5.82 Å². The molecule has 3 heteroatoms.